The van der Waals surface area contributed by atoms with E-state index in [2.05, 4.69) is 5.32 Å². The first-order valence-corrected chi connectivity index (χ1v) is 9.94. The first-order chi connectivity index (χ1) is 15.2. The molecule has 32 heavy (non-hydrogen) atoms. The summed E-state index contributed by atoms with van der Waals surface area (Å²) >= 11 is 0. The van der Waals surface area contributed by atoms with Gasteiger partial charge in [0.2, 0.25) is 5.88 Å². The van der Waals surface area contributed by atoms with Crippen LogP contribution in [0.15, 0.2) is 33.3 Å². The van der Waals surface area contributed by atoms with Crippen molar-refractivity contribution >= 4 is 40.5 Å². The van der Waals surface area contributed by atoms with Crippen molar-refractivity contribution in [2.75, 3.05) is 18.5 Å². The molecule has 0 radical (unpaired) electrons. The number of aryl methyl sites for hydroxylation is 2. The molecule has 0 fully saturated rings. The van der Waals surface area contributed by atoms with Crippen LogP contribution >= 0.6 is 0 Å². The molecule has 1 aromatic carbocycles. The van der Waals surface area contributed by atoms with E-state index < -0.39 is 30.2 Å². The van der Waals surface area contributed by atoms with Crippen LogP contribution in [0, 0.1) is 13.8 Å². The van der Waals surface area contributed by atoms with Gasteiger partial charge in [0.1, 0.15) is 16.9 Å². The van der Waals surface area contributed by atoms with Crippen LogP contribution in [0.5, 0.6) is 0 Å². The Morgan fingerprint density at radius 1 is 1.06 bits per heavy atom. The van der Waals surface area contributed by atoms with Gasteiger partial charge in [-0.05, 0) is 39.3 Å². The van der Waals surface area contributed by atoms with Crippen LogP contribution in [0.3, 0.4) is 0 Å². The fraction of sp³-hybridized carbons (Fsp3) is 0.304. The topological polar surface area (TPSA) is 125 Å². The lowest BCUT2D eigenvalue weighted by molar-refractivity contribution is -0.146. The van der Waals surface area contributed by atoms with Crippen LogP contribution < -0.4 is 5.32 Å². The largest absolute Gasteiger partial charge is 0.464 e. The Kier molecular flexibility index (Phi) is 6.77. The third-order valence-electron chi connectivity index (χ3n) is 4.68. The molecule has 2 heterocycles. The number of carbonyl (C=O) groups is 4. The van der Waals surface area contributed by atoms with Gasteiger partial charge in [0, 0.05) is 10.9 Å². The molecule has 2 aromatic heterocycles. The normalized spacial score (nSPS) is 10.8. The van der Waals surface area contributed by atoms with Crippen LogP contribution in [-0.4, -0.2) is 36.8 Å². The number of nitrogens with one attached hydrogen (secondary N) is 1. The van der Waals surface area contributed by atoms with E-state index in [0.29, 0.717) is 11.1 Å². The highest BCUT2D eigenvalue weighted by molar-refractivity contribution is 6.10. The molecular formula is C23H23NO8. The van der Waals surface area contributed by atoms with Crippen molar-refractivity contribution in [2.24, 2.45) is 0 Å². The number of ether oxygens (including phenoxy) is 2. The lowest BCUT2D eigenvalue weighted by Crippen LogP contribution is -2.22. The zero-order valence-corrected chi connectivity index (χ0v) is 18.2. The number of hydrogen-bond donors (Lipinski definition) is 1. The van der Waals surface area contributed by atoms with Crippen molar-refractivity contribution < 1.29 is 37.5 Å². The van der Waals surface area contributed by atoms with Crippen molar-refractivity contribution in [3.05, 3.63) is 52.5 Å². The Morgan fingerprint density at radius 2 is 1.81 bits per heavy atom. The summed E-state index contributed by atoms with van der Waals surface area (Å²) in [6, 6.07) is 5.62. The highest BCUT2D eigenvalue weighted by Crippen LogP contribution is 2.28. The number of Topliss-reactive ketones (excluding diaryl/α,β-unsaturated/α-hetero) is 1. The van der Waals surface area contributed by atoms with Gasteiger partial charge >= 0.3 is 11.9 Å². The van der Waals surface area contributed by atoms with E-state index in [9.17, 15) is 19.2 Å². The average Bonchev–Trinajstić information content (AvgIpc) is 3.26. The maximum absolute atomic E-state index is 12.3. The van der Waals surface area contributed by atoms with E-state index in [0.717, 1.165) is 10.9 Å². The van der Waals surface area contributed by atoms with E-state index in [1.165, 1.54) is 20.1 Å². The van der Waals surface area contributed by atoms with Crippen molar-refractivity contribution in [3.8, 4) is 0 Å². The fourth-order valence-corrected chi connectivity index (χ4v) is 3.30. The Labute approximate surface area is 183 Å². The number of amides is 1. The van der Waals surface area contributed by atoms with Gasteiger partial charge in [-0.25, -0.2) is 4.79 Å². The molecule has 0 bridgehead atoms. The van der Waals surface area contributed by atoms with E-state index >= 15 is 0 Å². The number of hydrogen-bond acceptors (Lipinski definition) is 8. The standard InChI is InChI=1S/C23H23NO8/c1-5-29-23(28)21-20(13(3)25)14(4)32-22(21)24-18(26)11-31-19(27)9-15-10-30-17-8-12(2)6-7-16(15)17/h6-8,10H,5,9,11H2,1-4H3,(H,24,26). The molecule has 0 spiro atoms. The zero-order chi connectivity index (χ0) is 23.4. The van der Waals surface area contributed by atoms with Gasteiger partial charge < -0.3 is 18.3 Å². The summed E-state index contributed by atoms with van der Waals surface area (Å²) in [6.07, 6.45) is 1.40. The van der Waals surface area contributed by atoms with Gasteiger partial charge in [-0.2, -0.15) is 0 Å². The average molecular weight is 441 g/mol. The van der Waals surface area contributed by atoms with Crippen LogP contribution in [-0.2, 0) is 25.5 Å². The highest BCUT2D eigenvalue weighted by Gasteiger charge is 2.29. The first-order valence-electron chi connectivity index (χ1n) is 9.94. The molecule has 9 nitrogen and oxygen atoms in total. The van der Waals surface area contributed by atoms with Crippen molar-refractivity contribution in [1.82, 2.24) is 0 Å². The lowest BCUT2D eigenvalue weighted by Gasteiger charge is -2.07. The number of rotatable bonds is 8. The van der Waals surface area contributed by atoms with Gasteiger partial charge in [0.25, 0.3) is 5.91 Å². The number of furan rings is 2. The summed E-state index contributed by atoms with van der Waals surface area (Å²) in [4.78, 5) is 48.7. The minimum atomic E-state index is -0.802. The van der Waals surface area contributed by atoms with Crippen molar-refractivity contribution in [2.45, 2.75) is 34.1 Å². The minimum absolute atomic E-state index is 0.0258. The van der Waals surface area contributed by atoms with E-state index in [1.54, 1.807) is 6.92 Å². The van der Waals surface area contributed by atoms with E-state index in [1.807, 2.05) is 25.1 Å². The van der Waals surface area contributed by atoms with Crippen LogP contribution in [0.25, 0.3) is 11.0 Å². The summed E-state index contributed by atoms with van der Waals surface area (Å²) in [5, 5.41) is 3.15. The second kappa shape index (κ2) is 9.51. The molecule has 3 rings (SSSR count). The maximum Gasteiger partial charge on any atom is 0.344 e. The van der Waals surface area contributed by atoms with E-state index in [-0.39, 0.29) is 35.8 Å². The predicted octanol–water partition coefficient (Wildman–Crippen LogP) is 3.75. The molecule has 0 unspecified atom stereocenters. The molecule has 0 aliphatic heterocycles. The Hall–Kier alpha value is -3.88. The SMILES string of the molecule is CCOC(=O)c1c(NC(=O)COC(=O)Cc2coc3cc(C)ccc23)oc(C)c1C(C)=O. The Balaban J connectivity index is 1.65. The summed E-state index contributed by atoms with van der Waals surface area (Å²) in [5.41, 5.74) is 2.18. The van der Waals surface area contributed by atoms with Gasteiger partial charge in [-0.1, -0.05) is 12.1 Å². The van der Waals surface area contributed by atoms with Crippen LogP contribution in [0.2, 0.25) is 0 Å². The number of carbonyl (C=O) groups excluding carboxylic acids is 4. The number of fused-ring (bicyclic) bond motifs is 1. The first kappa shape index (κ1) is 22.8. The number of esters is 2. The third kappa shape index (κ3) is 4.88. The Morgan fingerprint density at radius 3 is 2.50 bits per heavy atom. The summed E-state index contributed by atoms with van der Waals surface area (Å²) in [6.45, 7) is 5.78. The lowest BCUT2D eigenvalue weighted by atomic mass is 10.1. The van der Waals surface area contributed by atoms with Gasteiger partial charge in [0.05, 0.1) is 24.9 Å². The molecule has 1 amide bonds. The second-order valence-electron chi connectivity index (χ2n) is 7.16. The molecule has 0 aliphatic carbocycles. The molecule has 1 N–H and O–H groups in total. The monoisotopic (exact) mass is 441 g/mol. The summed E-state index contributed by atoms with van der Waals surface area (Å²) in [7, 11) is 0. The smallest absolute Gasteiger partial charge is 0.344 e. The van der Waals surface area contributed by atoms with Crippen molar-refractivity contribution in [1.29, 1.82) is 0 Å². The Bertz CT molecular complexity index is 1200. The molecule has 0 saturated carbocycles. The second-order valence-corrected chi connectivity index (χ2v) is 7.16. The molecule has 3 aromatic rings. The minimum Gasteiger partial charge on any atom is -0.464 e. The quantitative estimate of drug-likeness (QED) is 0.414. The van der Waals surface area contributed by atoms with Crippen molar-refractivity contribution in [3.63, 3.8) is 0 Å². The summed E-state index contributed by atoms with van der Waals surface area (Å²) < 4.78 is 20.8. The highest BCUT2D eigenvalue weighted by atomic mass is 16.5. The molecule has 9 heteroatoms. The number of anilines is 1. The van der Waals surface area contributed by atoms with Crippen LogP contribution in [0.4, 0.5) is 5.88 Å². The third-order valence-corrected chi connectivity index (χ3v) is 4.68. The van der Waals surface area contributed by atoms with Crippen LogP contribution in [0.1, 0.15) is 51.5 Å². The maximum atomic E-state index is 12.3. The van der Waals surface area contributed by atoms with E-state index in [4.69, 9.17) is 18.3 Å². The number of ketones is 1. The molecule has 168 valence electrons. The van der Waals surface area contributed by atoms with Gasteiger partial charge in [-0.15, -0.1) is 0 Å². The molecule has 0 saturated heterocycles. The molecule has 0 atom stereocenters. The van der Waals surface area contributed by atoms with Gasteiger partial charge in [-0.3, -0.25) is 19.7 Å². The molecule has 0 aliphatic rings. The number of benzene rings is 1. The summed E-state index contributed by atoms with van der Waals surface area (Å²) in [5.74, 6) is -2.65. The zero-order valence-electron chi connectivity index (χ0n) is 18.2. The predicted molar refractivity (Wildman–Crippen MR) is 114 cm³/mol. The van der Waals surface area contributed by atoms with Gasteiger partial charge in [0.15, 0.2) is 12.4 Å². The molecular weight excluding hydrogens is 418 g/mol. The fourth-order valence-electron chi connectivity index (χ4n) is 3.30.